The molecular formula is C18H21ClN2O3. The van der Waals surface area contributed by atoms with Crippen LogP contribution < -0.4 is 4.74 Å². The molecule has 24 heavy (non-hydrogen) atoms. The van der Waals surface area contributed by atoms with Crippen molar-refractivity contribution in [2.75, 3.05) is 13.2 Å². The van der Waals surface area contributed by atoms with Crippen molar-refractivity contribution in [3.63, 3.8) is 0 Å². The van der Waals surface area contributed by atoms with Crippen LogP contribution in [0.2, 0.25) is 5.02 Å². The van der Waals surface area contributed by atoms with E-state index in [-0.39, 0.29) is 18.4 Å². The number of benzene rings is 1. The molecule has 0 unspecified atom stereocenters. The largest absolute Gasteiger partial charge is 0.483 e. The van der Waals surface area contributed by atoms with Crippen LogP contribution in [0.15, 0.2) is 22.6 Å². The average Bonchev–Trinajstić information content (AvgIpc) is 2.97. The Hall–Kier alpha value is -2.01. The number of rotatable bonds is 4. The summed E-state index contributed by atoms with van der Waals surface area (Å²) in [5.41, 5.74) is 1.77. The number of hydrogen-bond acceptors (Lipinski definition) is 4. The summed E-state index contributed by atoms with van der Waals surface area (Å²) < 4.78 is 11.4. The van der Waals surface area contributed by atoms with Gasteiger partial charge in [-0.3, -0.25) is 4.79 Å². The maximum Gasteiger partial charge on any atom is 0.260 e. The summed E-state index contributed by atoms with van der Waals surface area (Å²) in [6.07, 6.45) is 0.695. The number of fused-ring (bicyclic) bond motifs is 1. The maximum absolute atomic E-state index is 12.4. The summed E-state index contributed by atoms with van der Waals surface area (Å²) >= 11 is 5.93. The number of oxazole rings is 1. The molecule has 0 radical (unpaired) electrons. The topological polar surface area (TPSA) is 55.6 Å². The van der Waals surface area contributed by atoms with E-state index < -0.39 is 0 Å². The second-order valence-electron chi connectivity index (χ2n) is 6.34. The number of ether oxygens (including phenoxy) is 1. The molecular weight excluding hydrogens is 328 g/mol. The minimum Gasteiger partial charge on any atom is -0.483 e. The molecule has 0 aliphatic carbocycles. The van der Waals surface area contributed by atoms with Crippen molar-refractivity contribution in [3.8, 4) is 5.75 Å². The molecule has 1 amide bonds. The third-order valence-corrected chi connectivity index (χ3v) is 4.31. The van der Waals surface area contributed by atoms with E-state index in [9.17, 15) is 4.79 Å². The zero-order valence-electron chi connectivity index (χ0n) is 14.1. The molecule has 0 saturated carbocycles. The van der Waals surface area contributed by atoms with Gasteiger partial charge >= 0.3 is 0 Å². The third kappa shape index (κ3) is 3.56. The standard InChI is InChI=1S/C18H21ClN2O3/c1-11(2)18-20-14-9-21(7-6-16(14)24-18)17(22)10-23-15-5-4-13(19)8-12(15)3/h4-5,8,11H,6-7,9-10H2,1-3H3. The molecule has 1 aromatic heterocycles. The van der Waals surface area contributed by atoms with Gasteiger partial charge in [0.1, 0.15) is 17.2 Å². The second-order valence-corrected chi connectivity index (χ2v) is 6.78. The molecule has 5 nitrogen and oxygen atoms in total. The quantitative estimate of drug-likeness (QED) is 0.845. The lowest BCUT2D eigenvalue weighted by molar-refractivity contribution is -0.134. The molecule has 1 aliphatic rings. The number of nitrogens with zero attached hydrogens (tertiary/aromatic N) is 2. The van der Waals surface area contributed by atoms with Gasteiger partial charge in [0.2, 0.25) is 0 Å². The summed E-state index contributed by atoms with van der Waals surface area (Å²) in [6, 6.07) is 5.35. The van der Waals surface area contributed by atoms with Crippen molar-refractivity contribution in [3.05, 3.63) is 46.1 Å². The monoisotopic (exact) mass is 348 g/mol. The Morgan fingerprint density at radius 2 is 2.25 bits per heavy atom. The molecule has 1 aromatic carbocycles. The normalized spacial score (nSPS) is 14.0. The van der Waals surface area contributed by atoms with Crippen LogP contribution in [-0.4, -0.2) is 28.9 Å². The summed E-state index contributed by atoms with van der Waals surface area (Å²) in [5.74, 6) is 2.51. The number of amides is 1. The Balaban J connectivity index is 1.61. The average molecular weight is 349 g/mol. The van der Waals surface area contributed by atoms with Crippen LogP contribution in [0.5, 0.6) is 5.75 Å². The molecule has 6 heteroatoms. The molecule has 3 rings (SSSR count). The molecule has 0 atom stereocenters. The van der Waals surface area contributed by atoms with Crippen molar-refractivity contribution in [2.24, 2.45) is 0 Å². The van der Waals surface area contributed by atoms with E-state index >= 15 is 0 Å². The zero-order chi connectivity index (χ0) is 17.3. The van der Waals surface area contributed by atoms with Gasteiger partial charge in [0.25, 0.3) is 5.91 Å². The number of hydrogen-bond donors (Lipinski definition) is 0. The Labute approximate surface area is 146 Å². The molecule has 0 bridgehead atoms. The van der Waals surface area contributed by atoms with Gasteiger partial charge in [-0.25, -0.2) is 4.98 Å². The Morgan fingerprint density at radius 3 is 2.96 bits per heavy atom. The lowest BCUT2D eigenvalue weighted by atomic mass is 10.1. The minimum absolute atomic E-state index is 0.00664. The molecule has 0 saturated heterocycles. The van der Waals surface area contributed by atoms with Gasteiger partial charge in [-0.2, -0.15) is 0 Å². The molecule has 2 aromatic rings. The fourth-order valence-corrected chi connectivity index (χ4v) is 2.91. The van der Waals surface area contributed by atoms with E-state index in [0.717, 1.165) is 22.9 Å². The van der Waals surface area contributed by atoms with Crippen molar-refractivity contribution >= 4 is 17.5 Å². The second kappa shape index (κ2) is 6.85. The van der Waals surface area contributed by atoms with Gasteiger partial charge in [0.15, 0.2) is 12.5 Å². The third-order valence-electron chi connectivity index (χ3n) is 4.08. The summed E-state index contributed by atoms with van der Waals surface area (Å²) in [4.78, 5) is 18.7. The van der Waals surface area contributed by atoms with Crippen molar-refractivity contribution in [1.82, 2.24) is 9.88 Å². The highest BCUT2D eigenvalue weighted by molar-refractivity contribution is 6.30. The first-order chi connectivity index (χ1) is 11.4. The van der Waals surface area contributed by atoms with Crippen molar-refractivity contribution in [1.29, 1.82) is 0 Å². The zero-order valence-corrected chi connectivity index (χ0v) is 14.9. The highest BCUT2D eigenvalue weighted by Crippen LogP contribution is 2.25. The Morgan fingerprint density at radius 1 is 1.46 bits per heavy atom. The van der Waals surface area contributed by atoms with Gasteiger partial charge in [0.05, 0.1) is 6.54 Å². The highest BCUT2D eigenvalue weighted by atomic mass is 35.5. The van der Waals surface area contributed by atoms with Crippen LogP contribution in [0.4, 0.5) is 0 Å². The summed E-state index contributed by atoms with van der Waals surface area (Å²) in [6.45, 7) is 7.11. The molecule has 0 fully saturated rings. The van der Waals surface area contributed by atoms with E-state index in [1.165, 1.54) is 0 Å². The fourth-order valence-electron chi connectivity index (χ4n) is 2.68. The molecule has 2 heterocycles. The Bertz CT molecular complexity index is 755. The number of carbonyl (C=O) groups excluding carboxylic acids is 1. The lowest BCUT2D eigenvalue weighted by Crippen LogP contribution is -2.38. The molecule has 0 N–H and O–H groups in total. The van der Waals surface area contributed by atoms with Crippen LogP contribution in [0.25, 0.3) is 0 Å². The van der Waals surface area contributed by atoms with E-state index in [1.807, 2.05) is 26.8 Å². The minimum atomic E-state index is -0.0518. The van der Waals surface area contributed by atoms with Crippen LogP contribution in [0.1, 0.15) is 42.7 Å². The van der Waals surface area contributed by atoms with E-state index in [0.29, 0.717) is 30.3 Å². The fraction of sp³-hybridized carbons (Fsp3) is 0.444. The van der Waals surface area contributed by atoms with Crippen molar-refractivity contribution in [2.45, 2.75) is 39.7 Å². The summed E-state index contributed by atoms with van der Waals surface area (Å²) in [7, 11) is 0. The number of aromatic nitrogens is 1. The summed E-state index contributed by atoms with van der Waals surface area (Å²) in [5, 5.41) is 0.654. The van der Waals surface area contributed by atoms with Gasteiger partial charge in [-0.05, 0) is 30.7 Å². The Kier molecular flexibility index (Phi) is 4.81. The highest BCUT2D eigenvalue weighted by Gasteiger charge is 2.26. The number of halogens is 1. The van der Waals surface area contributed by atoms with E-state index in [4.69, 9.17) is 20.8 Å². The predicted octanol–water partition coefficient (Wildman–Crippen LogP) is 3.72. The first-order valence-corrected chi connectivity index (χ1v) is 8.47. The van der Waals surface area contributed by atoms with Crippen LogP contribution in [-0.2, 0) is 17.8 Å². The molecule has 128 valence electrons. The van der Waals surface area contributed by atoms with E-state index in [1.54, 1.807) is 17.0 Å². The lowest BCUT2D eigenvalue weighted by Gasteiger charge is -2.25. The first kappa shape index (κ1) is 16.8. The van der Waals surface area contributed by atoms with Gasteiger partial charge in [-0.15, -0.1) is 0 Å². The molecule has 1 aliphatic heterocycles. The predicted molar refractivity (Wildman–Crippen MR) is 91.4 cm³/mol. The van der Waals surface area contributed by atoms with E-state index in [2.05, 4.69) is 4.98 Å². The SMILES string of the molecule is Cc1cc(Cl)ccc1OCC(=O)N1CCc2oc(C(C)C)nc2C1. The number of carbonyl (C=O) groups is 1. The maximum atomic E-state index is 12.4. The first-order valence-electron chi connectivity index (χ1n) is 8.09. The molecule has 0 spiro atoms. The van der Waals surface area contributed by atoms with Gasteiger partial charge in [0, 0.05) is 23.9 Å². The van der Waals surface area contributed by atoms with Gasteiger partial charge in [-0.1, -0.05) is 25.4 Å². The smallest absolute Gasteiger partial charge is 0.260 e. The van der Waals surface area contributed by atoms with Crippen LogP contribution >= 0.6 is 11.6 Å². The number of aryl methyl sites for hydroxylation is 1. The van der Waals surface area contributed by atoms with Gasteiger partial charge < -0.3 is 14.1 Å². The van der Waals surface area contributed by atoms with Crippen LogP contribution in [0.3, 0.4) is 0 Å². The van der Waals surface area contributed by atoms with Crippen LogP contribution in [0, 0.1) is 6.92 Å². The van der Waals surface area contributed by atoms with Crippen molar-refractivity contribution < 1.29 is 13.9 Å².